The van der Waals surface area contributed by atoms with Crippen molar-refractivity contribution in [2.24, 2.45) is 0 Å². The quantitative estimate of drug-likeness (QED) is 0.176. The van der Waals surface area contributed by atoms with Gasteiger partial charge in [-0.15, -0.1) is 0 Å². The van der Waals surface area contributed by atoms with Gasteiger partial charge in [-0.3, -0.25) is 0 Å². The topological polar surface area (TPSA) is 42.7 Å². The van der Waals surface area contributed by atoms with E-state index in [4.69, 9.17) is 13.3 Å². The van der Waals surface area contributed by atoms with Crippen LogP contribution in [0.1, 0.15) is 136 Å². The zero-order chi connectivity index (χ0) is 63.0. The molecule has 0 bridgehead atoms. The summed E-state index contributed by atoms with van der Waals surface area (Å²) in [5, 5.41) is 7.09. The van der Waals surface area contributed by atoms with E-state index in [1.807, 2.05) is 0 Å². The lowest BCUT2D eigenvalue weighted by molar-refractivity contribution is 0.600. The summed E-state index contributed by atoms with van der Waals surface area (Å²) in [7, 11) is 0. The monoisotopic (exact) mass is 1200 g/mol. The Morgan fingerprint density at radius 2 is 0.710 bits per heavy atom. The summed E-state index contributed by atoms with van der Waals surface area (Å²) >= 11 is 0. The lowest BCUT2D eigenvalue weighted by Gasteiger charge is -2.32. The molecule has 0 saturated carbocycles. The number of hydrogen-bond acceptors (Lipinski definition) is 4. The van der Waals surface area contributed by atoms with E-state index in [1.165, 1.54) is 150 Å². The molecule has 0 spiro atoms. The summed E-state index contributed by atoms with van der Waals surface area (Å²) in [5.41, 5.74) is 38.6. The number of fused-ring (bicyclic) bond motifs is 29. The zero-order valence-electron chi connectivity index (χ0n) is 54.7. The molecule has 0 amide bonds. The molecule has 3 aromatic heterocycles. The SMILES string of the molecule is Cc1cc(C)cc(-c2cc3c(c4c2oc2ccccc24)-c2ccc(N(c4ccc5c(c4)C(C)(C)c4cc6c(cc4-5)C(C)(C)c4ccc5oc7ccccc7c5c4-6)c4ccc5c(c4)C(C)(C)c4c6c(c7oc8ccccc8c7c4-5)-c4ccccc4C6(C)C)cc2C3(C)C)c1. The molecular formula is C89H69NO3. The molecule has 0 saturated heterocycles. The zero-order valence-corrected chi connectivity index (χ0v) is 54.7. The van der Waals surface area contributed by atoms with Crippen LogP contribution in [-0.4, -0.2) is 0 Å². The van der Waals surface area contributed by atoms with Crippen molar-refractivity contribution in [3.05, 3.63) is 267 Å². The molecule has 20 rings (SSSR count). The van der Waals surface area contributed by atoms with Crippen LogP contribution >= 0.6 is 0 Å². The number of rotatable bonds is 4. The Labute approximate surface area is 541 Å². The lowest BCUT2D eigenvalue weighted by atomic mass is 9.72. The Morgan fingerprint density at radius 3 is 1.38 bits per heavy atom. The average molecular weight is 1200 g/mol. The molecule has 5 aliphatic rings. The number of nitrogens with zero attached hydrogens (tertiary/aromatic N) is 1. The van der Waals surface area contributed by atoms with Crippen molar-refractivity contribution < 1.29 is 13.3 Å². The van der Waals surface area contributed by atoms with Gasteiger partial charge in [0.1, 0.15) is 33.5 Å². The van der Waals surface area contributed by atoms with Gasteiger partial charge in [0.15, 0.2) is 0 Å². The highest BCUT2D eigenvalue weighted by molar-refractivity contribution is 6.22. The fourth-order valence-corrected chi connectivity index (χ4v) is 19.1. The van der Waals surface area contributed by atoms with E-state index in [1.54, 1.807) is 0 Å². The maximum atomic E-state index is 7.12. The highest BCUT2D eigenvalue weighted by Gasteiger charge is 2.50. The van der Waals surface area contributed by atoms with Crippen molar-refractivity contribution in [2.45, 2.75) is 110 Å². The van der Waals surface area contributed by atoms with Crippen molar-refractivity contribution in [3.8, 4) is 66.8 Å². The van der Waals surface area contributed by atoms with Gasteiger partial charge < -0.3 is 18.2 Å². The standard InChI is InChI=1S/C89H69NO3/c1-46-37-47(2)39-48(38-46)59-43-69-74(78-57-23-15-19-27-71(57)92-83(59)78)54-33-30-50(41-65(54)87(69,7)8)90(49-29-32-52-60-44-68-61(45-67(60)86(5,6)64(52)40-49)75-63(85(68,3)4)35-36-73-76(75)56-22-14-18-26-70(56)91-73)51-31-34-55-66(42-51)89(11,12)81-77(55)79-58-24-16-20-28-72(58)93-84(79)80-53-21-13-17-25-62(53)88(9,10)82(80)81/h13-45H,1-12H3. The Hall–Kier alpha value is -10.2. The largest absolute Gasteiger partial charge is 0.456 e. The fourth-order valence-electron chi connectivity index (χ4n) is 19.1. The number of benzene rings is 12. The molecule has 0 atom stereocenters. The van der Waals surface area contributed by atoms with E-state index in [-0.39, 0.29) is 21.7 Å². The number of para-hydroxylation sites is 3. The van der Waals surface area contributed by atoms with Crippen LogP contribution in [0.4, 0.5) is 17.1 Å². The van der Waals surface area contributed by atoms with Crippen LogP contribution in [0, 0.1) is 13.8 Å². The summed E-state index contributed by atoms with van der Waals surface area (Å²) in [4.78, 5) is 2.58. The van der Waals surface area contributed by atoms with Gasteiger partial charge in [-0.05, 0) is 204 Å². The third-order valence-corrected chi connectivity index (χ3v) is 23.4. The van der Waals surface area contributed by atoms with Crippen LogP contribution in [-0.2, 0) is 27.1 Å². The minimum atomic E-state index is -0.390. The van der Waals surface area contributed by atoms with Gasteiger partial charge in [-0.25, -0.2) is 0 Å². The molecule has 3 heterocycles. The molecule has 12 aromatic carbocycles. The van der Waals surface area contributed by atoms with Gasteiger partial charge in [-0.1, -0.05) is 202 Å². The Balaban J connectivity index is 0.806. The minimum Gasteiger partial charge on any atom is -0.456 e. The van der Waals surface area contributed by atoms with E-state index in [9.17, 15) is 0 Å². The lowest BCUT2D eigenvalue weighted by Crippen LogP contribution is -2.24. The minimum absolute atomic E-state index is 0.216. The summed E-state index contributed by atoms with van der Waals surface area (Å²) in [6.45, 7) is 28.8. The predicted molar refractivity (Wildman–Crippen MR) is 386 cm³/mol. The van der Waals surface area contributed by atoms with E-state index in [0.717, 1.165) is 66.9 Å². The van der Waals surface area contributed by atoms with Crippen LogP contribution in [0.25, 0.3) is 133 Å². The van der Waals surface area contributed by atoms with Gasteiger partial charge in [-0.2, -0.15) is 0 Å². The Bertz CT molecular complexity index is 5980. The van der Waals surface area contributed by atoms with Crippen molar-refractivity contribution in [1.29, 1.82) is 0 Å². The molecule has 0 fully saturated rings. The first-order valence-corrected chi connectivity index (χ1v) is 33.3. The second-order valence-electron chi connectivity index (χ2n) is 30.4. The number of furan rings is 3. The molecule has 448 valence electrons. The second kappa shape index (κ2) is 17.3. The number of hydrogen-bond donors (Lipinski definition) is 0. The maximum Gasteiger partial charge on any atom is 0.144 e. The molecular weight excluding hydrogens is 1130 g/mol. The van der Waals surface area contributed by atoms with Crippen LogP contribution in [0.3, 0.4) is 0 Å². The van der Waals surface area contributed by atoms with Crippen molar-refractivity contribution in [3.63, 3.8) is 0 Å². The van der Waals surface area contributed by atoms with Gasteiger partial charge in [0.05, 0.1) is 0 Å². The molecule has 0 radical (unpaired) electrons. The van der Waals surface area contributed by atoms with E-state index >= 15 is 0 Å². The average Bonchev–Trinajstić information content (AvgIpc) is 1.52. The molecule has 93 heavy (non-hydrogen) atoms. The first-order chi connectivity index (χ1) is 44.7. The normalized spacial score (nSPS) is 16.4. The molecule has 4 heteroatoms. The third kappa shape index (κ3) is 6.57. The Morgan fingerprint density at radius 1 is 0.269 bits per heavy atom. The highest BCUT2D eigenvalue weighted by atomic mass is 16.3. The molecule has 0 N–H and O–H groups in total. The van der Waals surface area contributed by atoms with Crippen LogP contribution in [0.2, 0.25) is 0 Å². The van der Waals surface area contributed by atoms with Crippen molar-refractivity contribution in [1.82, 2.24) is 0 Å². The first kappa shape index (κ1) is 53.5. The predicted octanol–water partition coefficient (Wildman–Crippen LogP) is 24.7. The smallest absolute Gasteiger partial charge is 0.144 e. The van der Waals surface area contributed by atoms with E-state index < -0.39 is 5.41 Å². The van der Waals surface area contributed by atoms with E-state index in [0.29, 0.717) is 0 Å². The summed E-state index contributed by atoms with van der Waals surface area (Å²) in [5.74, 6) is 0. The highest BCUT2D eigenvalue weighted by Crippen LogP contribution is 2.65. The third-order valence-electron chi connectivity index (χ3n) is 23.4. The summed E-state index contributed by atoms with van der Waals surface area (Å²) in [6.07, 6.45) is 0. The molecule has 0 aliphatic heterocycles. The van der Waals surface area contributed by atoms with Gasteiger partial charge >= 0.3 is 0 Å². The summed E-state index contributed by atoms with van der Waals surface area (Å²) in [6, 6.07) is 76.0. The first-order valence-electron chi connectivity index (χ1n) is 33.3. The van der Waals surface area contributed by atoms with Gasteiger partial charge in [0.2, 0.25) is 0 Å². The fraction of sp³-hybridized carbons (Fsp3) is 0.191. The van der Waals surface area contributed by atoms with E-state index in [2.05, 4.69) is 288 Å². The van der Waals surface area contributed by atoms with Crippen LogP contribution in [0.15, 0.2) is 213 Å². The molecule has 0 unspecified atom stereocenters. The van der Waals surface area contributed by atoms with Crippen molar-refractivity contribution >= 4 is 82.9 Å². The van der Waals surface area contributed by atoms with Gasteiger partial charge in [0, 0.05) is 87.6 Å². The summed E-state index contributed by atoms with van der Waals surface area (Å²) < 4.78 is 20.7. The number of anilines is 3. The number of aryl methyl sites for hydroxylation is 2. The Kier molecular flexibility index (Phi) is 9.95. The molecule has 5 aliphatic carbocycles. The molecule has 4 nitrogen and oxygen atoms in total. The molecule has 15 aromatic rings. The van der Waals surface area contributed by atoms with Crippen LogP contribution < -0.4 is 4.90 Å². The maximum absolute atomic E-state index is 7.12. The van der Waals surface area contributed by atoms with Crippen LogP contribution in [0.5, 0.6) is 0 Å². The van der Waals surface area contributed by atoms with Gasteiger partial charge in [0.25, 0.3) is 0 Å². The second-order valence-corrected chi connectivity index (χ2v) is 30.4. The van der Waals surface area contributed by atoms with Crippen molar-refractivity contribution in [2.75, 3.05) is 4.90 Å².